The maximum atomic E-state index is 12.9. The molecule has 354 valence electrons. The topological polar surface area (TPSA) is 129 Å². The Balaban J connectivity index is 4.57. The Hall–Kier alpha value is -2.20. The number of carbonyl (C=O) groups excluding carboxylic acids is 4. The Bertz CT molecular complexity index is 1010. The van der Waals surface area contributed by atoms with Crippen LogP contribution in [-0.2, 0) is 38.1 Å². The predicted molar refractivity (Wildman–Crippen MR) is 245 cm³/mol. The van der Waals surface area contributed by atoms with Crippen LogP contribution in [0.2, 0.25) is 0 Å². The van der Waals surface area contributed by atoms with Crippen LogP contribution in [0.1, 0.15) is 233 Å². The molecule has 0 aliphatic heterocycles. The molecule has 10 nitrogen and oxygen atoms in total. The predicted octanol–water partition coefficient (Wildman–Crippen LogP) is 12.2. The molecular weight excluding hydrogens is 759 g/mol. The van der Waals surface area contributed by atoms with Gasteiger partial charge in [0.15, 0.2) is 0 Å². The number of unbranched alkanes of at least 4 members (excludes halogenated alkanes) is 20. The van der Waals surface area contributed by atoms with Gasteiger partial charge in [-0.1, -0.05) is 156 Å². The van der Waals surface area contributed by atoms with Gasteiger partial charge in [-0.05, 0) is 71.3 Å². The summed E-state index contributed by atoms with van der Waals surface area (Å²) in [6.07, 6.45) is 31.3. The van der Waals surface area contributed by atoms with Gasteiger partial charge < -0.3 is 29.0 Å². The van der Waals surface area contributed by atoms with Crippen LogP contribution >= 0.6 is 0 Å². The lowest BCUT2D eigenvalue weighted by Gasteiger charge is -2.23. The smallest absolute Gasteiger partial charge is 0.308 e. The molecule has 2 unspecified atom stereocenters. The minimum atomic E-state index is -0.648. The third-order valence-corrected chi connectivity index (χ3v) is 11.6. The monoisotopic (exact) mass is 854 g/mol. The number of rotatable bonds is 45. The van der Waals surface area contributed by atoms with Crippen molar-refractivity contribution in [2.75, 3.05) is 46.6 Å². The van der Waals surface area contributed by atoms with Gasteiger partial charge in [-0.2, -0.15) is 0 Å². The van der Waals surface area contributed by atoms with Crippen molar-refractivity contribution in [3.63, 3.8) is 0 Å². The Labute approximate surface area is 368 Å². The molecule has 0 rings (SSSR count). The van der Waals surface area contributed by atoms with Crippen LogP contribution in [0.15, 0.2) is 0 Å². The summed E-state index contributed by atoms with van der Waals surface area (Å²) in [7, 11) is 1.82. The summed E-state index contributed by atoms with van der Waals surface area (Å²) in [5.74, 6) is -0.880. The molecule has 0 bridgehead atoms. The minimum absolute atomic E-state index is 0.0137. The molecule has 3 atom stereocenters. The number of hydrogen-bond acceptors (Lipinski definition) is 10. The van der Waals surface area contributed by atoms with Crippen molar-refractivity contribution in [2.45, 2.75) is 239 Å². The molecule has 0 saturated carbocycles. The molecule has 0 radical (unpaired) electrons. The summed E-state index contributed by atoms with van der Waals surface area (Å²) < 4.78 is 22.7. The zero-order valence-corrected chi connectivity index (χ0v) is 39.8. The van der Waals surface area contributed by atoms with Gasteiger partial charge in [-0.15, -0.1) is 0 Å². The molecule has 0 aromatic carbocycles. The van der Waals surface area contributed by atoms with Crippen LogP contribution in [0.25, 0.3) is 0 Å². The first kappa shape index (κ1) is 57.8. The van der Waals surface area contributed by atoms with E-state index in [2.05, 4.69) is 27.7 Å². The highest BCUT2D eigenvalue weighted by molar-refractivity contribution is 5.73. The Kier molecular flexibility index (Phi) is 41.9. The molecule has 60 heavy (non-hydrogen) atoms. The number of likely N-dealkylation sites (N-methyl/N-ethyl adjacent to an activating group) is 1. The standard InChI is InChI=1S/C50H95NO9/c1-6-10-14-18-20-26-34-44(32-24-16-12-8-3)49(55)57-40-30-22-28-36-47(53)59-43-46(42-51(5)38-39-52)60-48(54)37-29-23-31-41-58-50(56)45(33-25-17-13-9-4)35-27-21-19-15-11-7-2/h44-46,52H,6-43H2,1-5H3/t44?,45-,46?/m0/s1. The molecular formula is C50H95NO9. The molecule has 0 amide bonds. The van der Waals surface area contributed by atoms with Crippen LogP contribution in [0, 0.1) is 11.8 Å². The van der Waals surface area contributed by atoms with Gasteiger partial charge in [0.2, 0.25) is 0 Å². The average Bonchev–Trinajstić information content (AvgIpc) is 3.23. The van der Waals surface area contributed by atoms with E-state index in [1.165, 1.54) is 89.9 Å². The van der Waals surface area contributed by atoms with Gasteiger partial charge in [0.25, 0.3) is 0 Å². The van der Waals surface area contributed by atoms with Gasteiger partial charge in [0.1, 0.15) is 12.7 Å². The SMILES string of the molecule is CCCCCCCCC(CCCCCC)C(=O)OCCCCCC(=O)OCC(CN(C)CCO)OC(=O)CCCCCOC(=O)[C@@H](CCCCCC)CCCCCCCC. The highest BCUT2D eigenvalue weighted by Crippen LogP contribution is 2.22. The molecule has 0 saturated heterocycles. The second kappa shape index (κ2) is 43.4. The molecule has 0 aromatic rings. The van der Waals surface area contributed by atoms with Gasteiger partial charge >= 0.3 is 23.9 Å². The van der Waals surface area contributed by atoms with E-state index in [0.717, 1.165) is 77.0 Å². The molecule has 0 aliphatic carbocycles. The summed E-state index contributed by atoms with van der Waals surface area (Å²) in [4.78, 5) is 53.1. The number of ether oxygens (including phenoxy) is 4. The Morgan fingerprint density at radius 1 is 0.467 bits per heavy atom. The first-order valence-corrected chi connectivity index (χ1v) is 25.2. The molecule has 0 fully saturated rings. The maximum Gasteiger partial charge on any atom is 0.308 e. The fourth-order valence-corrected chi connectivity index (χ4v) is 7.65. The summed E-state index contributed by atoms with van der Waals surface area (Å²) in [6, 6.07) is 0. The highest BCUT2D eigenvalue weighted by Gasteiger charge is 2.22. The van der Waals surface area contributed by atoms with Crippen molar-refractivity contribution in [3.05, 3.63) is 0 Å². The zero-order valence-electron chi connectivity index (χ0n) is 39.8. The first-order valence-electron chi connectivity index (χ1n) is 25.2. The third-order valence-electron chi connectivity index (χ3n) is 11.6. The van der Waals surface area contributed by atoms with Crippen LogP contribution in [0.3, 0.4) is 0 Å². The van der Waals surface area contributed by atoms with E-state index >= 15 is 0 Å². The Morgan fingerprint density at radius 2 is 0.833 bits per heavy atom. The first-order chi connectivity index (χ1) is 29.2. The van der Waals surface area contributed by atoms with E-state index in [1.54, 1.807) is 0 Å². The van der Waals surface area contributed by atoms with E-state index in [9.17, 15) is 24.3 Å². The molecule has 0 aliphatic rings. The average molecular weight is 854 g/mol. The van der Waals surface area contributed by atoms with Crippen molar-refractivity contribution >= 4 is 23.9 Å². The van der Waals surface area contributed by atoms with Gasteiger partial charge in [-0.25, -0.2) is 0 Å². The van der Waals surface area contributed by atoms with E-state index in [1.807, 2.05) is 11.9 Å². The van der Waals surface area contributed by atoms with E-state index in [4.69, 9.17) is 18.9 Å². The lowest BCUT2D eigenvalue weighted by Crippen LogP contribution is -2.37. The zero-order chi connectivity index (χ0) is 44.3. The normalized spacial score (nSPS) is 12.9. The third kappa shape index (κ3) is 36.5. The van der Waals surface area contributed by atoms with Crippen molar-refractivity contribution < 1.29 is 43.2 Å². The largest absolute Gasteiger partial charge is 0.465 e. The van der Waals surface area contributed by atoms with E-state index < -0.39 is 6.10 Å². The van der Waals surface area contributed by atoms with Crippen LogP contribution in [-0.4, -0.2) is 86.6 Å². The summed E-state index contributed by atoms with van der Waals surface area (Å²) >= 11 is 0. The number of aliphatic hydroxyl groups is 1. The second-order valence-corrected chi connectivity index (χ2v) is 17.4. The van der Waals surface area contributed by atoms with E-state index in [-0.39, 0.29) is 61.8 Å². The highest BCUT2D eigenvalue weighted by atomic mass is 16.6. The number of carbonyl (C=O) groups is 4. The molecule has 10 heteroatoms. The maximum absolute atomic E-state index is 12.9. The van der Waals surface area contributed by atoms with Crippen molar-refractivity contribution in [1.82, 2.24) is 4.90 Å². The molecule has 1 N–H and O–H groups in total. The summed E-state index contributed by atoms with van der Waals surface area (Å²) in [5, 5.41) is 9.38. The van der Waals surface area contributed by atoms with E-state index in [0.29, 0.717) is 52.0 Å². The van der Waals surface area contributed by atoms with Crippen molar-refractivity contribution in [1.29, 1.82) is 0 Å². The fraction of sp³-hybridized carbons (Fsp3) is 0.920. The van der Waals surface area contributed by atoms with Gasteiger partial charge in [0.05, 0.1) is 31.7 Å². The number of nitrogens with zero attached hydrogens (tertiary/aromatic N) is 1. The fourth-order valence-electron chi connectivity index (χ4n) is 7.65. The number of hydrogen-bond donors (Lipinski definition) is 1. The number of aliphatic hydroxyl groups excluding tert-OH is 1. The summed E-state index contributed by atoms with van der Waals surface area (Å²) in [6.45, 7) is 10.2. The van der Waals surface area contributed by atoms with Gasteiger partial charge in [0, 0.05) is 25.9 Å². The lowest BCUT2D eigenvalue weighted by atomic mass is 9.94. The lowest BCUT2D eigenvalue weighted by molar-refractivity contribution is -0.160. The number of esters is 4. The quantitative estimate of drug-likeness (QED) is 0.0359. The van der Waals surface area contributed by atoms with Crippen LogP contribution in [0.5, 0.6) is 0 Å². The summed E-state index contributed by atoms with van der Waals surface area (Å²) in [5.41, 5.74) is 0. The molecule has 0 spiro atoms. The minimum Gasteiger partial charge on any atom is -0.465 e. The molecule has 0 aromatic heterocycles. The second-order valence-electron chi connectivity index (χ2n) is 17.4. The Morgan fingerprint density at radius 3 is 1.25 bits per heavy atom. The van der Waals surface area contributed by atoms with Crippen LogP contribution in [0.4, 0.5) is 0 Å². The van der Waals surface area contributed by atoms with Crippen LogP contribution < -0.4 is 0 Å². The van der Waals surface area contributed by atoms with Gasteiger partial charge in [-0.3, -0.25) is 19.2 Å². The van der Waals surface area contributed by atoms with Crippen molar-refractivity contribution in [2.24, 2.45) is 11.8 Å². The van der Waals surface area contributed by atoms with Crippen molar-refractivity contribution in [3.8, 4) is 0 Å². The molecule has 0 heterocycles.